The molecule has 1 aromatic rings. The largest absolute Gasteiger partial charge is 0.416 e. The molecule has 1 heterocycles. The first-order valence-electron chi connectivity index (χ1n) is 6.76. The van der Waals surface area contributed by atoms with E-state index < -0.39 is 11.7 Å². The van der Waals surface area contributed by atoms with E-state index in [4.69, 9.17) is 11.6 Å². The number of halogens is 4. The molecule has 112 valence electrons. The Morgan fingerprint density at radius 1 is 1.35 bits per heavy atom. The number of rotatable bonds is 2. The first kappa shape index (κ1) is 15.4. The van der Waals surface area contributed by atoms with Gasteiger partial charge in [0.15, 0.2) is 0 Å². The average Bonchev–Trinajstić information content (AvgIpc) is 2.62. The molecule has 1 atom stereocenters. The van der Waals surface area contributed by atoms with Crippen molar-refractivity contribution in [3.05, 3.63) is 28.8 Å². The van der Waals surface area contributed by atoms with Crippen LogP contribution >= 0.6 is 11.6 Å². The van der Waals surface area contributed by atoms with E-state index in [1.54, 1.807) is 6.07 Å². The summed E-state index contributed by atoms with van der Waals surface area (Å²) >= 11 is 5.84. The van der Waals surface area contributed by atoms with Gasteiger partial charge in [0.25, 0.3) is 0 Å². The summed E-state index contributed by atoms with van der Waals surface area (Å²) in [5.74, 6) is 0. The van der Waals surface area contributed by atoms with Gasteiger partial charge in [0.2, 0.25) is 0 Å². The maximum Gasteiger partial charge on any atom is 0.416 e. The lowest BCUT2D eigenvalue weighted by molar-refractivity contribution is -0.137. The Morgan fingerprint density at radius 2 is 2.10 bits per heavy atom. The van der Waals surface area contributed by atoms with E-state index >= 15 is 0 Å². The highest BCUT2D eigenvalue weighted by atomic mass is 35.5. The third kappa shape index (κ3) is 3.79. The van der Waals surface area contributed by atoms with E-state index in [2.05, 4.69) is 12.2 Å². The first-order chi connectivity index (χ1) is 9.40. The van der Waals surface area contributed by atoms with Crippen molar-refractivity contribution in [2.24, 2.45) is 0 Å². The van der Waals surface area contributed by atoms with Crippen LogP contribution < -0.4 is 10.2 Å². The van der Waals surface area contributed by atoms with Crippen molar-refractivity contribution in [2.45, 2.75) is 32.0 Å². The number of hydrogen-bond donors (Lipinski definition) is 1. The predicted molar refractivity (Wildman–Crippen MR) is 75.4 cm³/mol. The molecule has 0 aliphatic carbocycles. The molecule has 0 bridgehead atoms. The van der Waals surface area contributed by atoms with Crippen molar-refractivity contribution in [1.29, 1.82) is 0 Å². The number of benzene rings is 1. The summed E-state index contributed by atoms with van der Waals surface area (Å²) in [6.45, 7) is 4.40. The molecule has 1 fully saturated rings. The average molecular weight is 307 g/mol. The molecule has 0 radical (unpaired) electrons. The Labute approximate surface area is 121 Å². The van der Waals surface area contributed by atoms with Gasteiger partial charge in [0, 0.05) is 29.8 Å². The van der Waals surface area contributed by atoms with Gasteiger partial charge in [0.05, 0.1) is 5.56 Å². The molecule has 1 saturated heterocycles. The molecule has 2 nitrogen and oxygen atoms in total. The van der Waals surface area contributed by atoms with Crippen LogP contribution in [-0.2, 0) is 6.18 Å². The minimum absolute atomic E-state index is 0.125. The second-order valence-corrected chi connectivity index (χ2v) is 5.49. The van der Waals surface area contributed by atoms with Gasteiger partial charge in [-0.1, -0.05) is 18.5 Å². The topological polar surface area (TPSA) is 15.3 Å². The lowest BCUT2D eigenvalue weighted by Crippen LogP contribution is -2.37. The molecule has 1 aliphatic rings. The monoisotopic (exact) mass is 306 g/mol. The van der Waals surface area contributed by atoms with E-state index in [1.165, 1.54) is 6.07 Å². The summed E-state index contributed by atoms with van der Waals surface area (Å²) in [6, 6.07) is 4.06. The van der Waals surface area contributed by atoms with Crippen molar-refractivity contribution in [2.75, 3.05) is 24.5 Å². The summed E-state index contributed by atoms with van der Waals surface area (Å²) in [5.41, 5.74) is -0.141. The van der Waals surface area contributed by atoms with E-state index in [0.29, 0.717) is 18.3 Å². The molecule has 2 rings (SSSR count). The number of nitrogens with one attached hydrogen (secondary N) is 1. The van der Waals surface area contributed by atoms with Crippen LogP contribution in [-0.4, -0.2) is 25.7 Å². The zero-order chi connectivity index (χ0) is 14.8. The highest BCUT2D eigenvalue weighted by molar-refractivity contribution is 6.30. The van der Waals surface area contributed by atoms with Crippen molar-refractivity contribution >= 4 is 17.3 Å². The minimum atomic E-state index is -4.37. The van der Waals surface area contributed by atoms with Gasteiger partial charge in [-0.15, -0.1) is 0 Å². The maximum absolute atomic E-state index is 12.8. The molecule has 0 saturated carbocycles. The van der Waals surface area contributed by atoms with Crippen molar-refractivity contribution in [3.8, 4) is 0 Å². The molecule has 6 heteroatoms. The fourth-order valence-electron chi connectivity index (χ4n) is 2.43. The molecule has 20 heavy (non-hydrogen) atoms. The normalized spacial score (nSPS) is 20.9. The van der Waals surface area contributed by atoms with E-state index in [1.807, 2.05) is 4.90 Å². The highest BCUT2D eigenvalue weighted by Gasteiger charge is 2.31. The Hall–Kier alpha value is -0.940. The smallest absolute Gasteiger partial charge is 0.370 e. The summed E-state index contributed by atoms with van der Waals surface area (Å²) in [5, 5.41) is 3.52. The van der Waals surface area contributed by atoms with Crippen LogP contribution in [0.3, 0.4) is 0 Å². The van der Waals surface area contributed by atoms with Gasteiger partial charge in [-0.25, -0.2) is 0 Å². The first-order valence-corrected chi connectivity index (χ1v) is 7.14. The number of nitrogens with zero attached hydrogens (tertiary/aromatic N) is 1. The highest BCUT2D eigenvalue weighted by Crippen LogP contribution is 2.34. The lowest BCUT2D eigenvalue weighted by Gasteiger charge is -2.27. The van der Waals surface area contributed by atoms with E-state index in [0.717, 1.165) is 32.0 Å². The molecule has 1 unspecified atom stereocenters. The summed E-state index contributed by atoms with van der Waals surface area (Å²) < 4.78 is 38.5. The third-order valence-corrected chi connectivity index (χ3v) is 3.76. The van der Waals surface area contributed by atoms with Gasteiger partial charge in [-0.3, -0.25) is 0 Å². The van der Waals surface area contributed by atoms with Gasteiger partial charge < -0.3 is 10.2 Å². The Bertz CT molecular complexity index is 462. The van der Waals surface area contributed by atoms with Crippen LogP contribution in [0.25, 0.3) is 0 Å². The van der Waals surface area contributed by atoms with E-state index in [9.17, 15) is 13.2 Å². The second-order valence-electron chi connectivity index (χ2n) is 5.05. The predicted octanol–water partition coefficient (Wildman–Crippen LogP) is 3.94. The fraction of sp³-hybridized carbons (Fsp3) is 0.571. The number of hydrogen-bond acceptors (Lipinski definition) is 2. The van der Waals surface area contributed by atoms with Crippen LogP contribution in [0.2, 0.25) is 5.02 Å². The maximum atomic E-state index is 12.8. The second kappa shape index (κ2) is 6.22. The lowest BCUT2D eigenvalue weighted by atomic mass is 10.1. The van der Waals surface area contributed by atoms with Crippen molar-refractivity contribution in [1.82, 2.24) is 5.32 Å². The zero-order valence-corrected chi connectivity index (χ0v) is 12.1. The van der Waals surface area contributed by atoms with E-state index in [-0.39, 0.29) is 5.02 Å². The third-order valence-electron chi connectivity index (χ3n) is 3.55. The minimum Gasteiger partial charge on any atom is -0.370 e. The van der Waals surface area contributed by atoms with Gasteiger partial charge >= 0.3 is 6.18 Å². The molecule has 0 amide bonds. The zero-order valence-electron chi connectivity index (χ0n) is 11.3. The Balaban J connectivity index is 2.29. The molecule has 0 spiro atoms. The van der Waals surface area contributed by atoms with Crippen LogP contribution in [0, 0.1) is 0 Å². The molecule has 0 aromatic heterocycles. The fourth-order valence-corrected chi connectivity index (χ4v) is 2.66. The Kier molecular flexibility index (Phi) is 4.81. The number of anilines is 1. The Morgan fingerprint density at radius 3 is 2.75 bits per heavy atom. The molecule has 1 N–H and O–H groups in total. The molecule has 1 aromatic carbocycles. The van der Waals surface area contributed by atoms with Crippen molar-refractivity contribution < 1.29 is 13.2 Å². The van der Waals surface area contributed by atoms with Crippen LogP contribution in [0.4, 0.5) is 18.9 Å². The standard InChI is InChI=1S/C14H18ClF3N2/c1-2-12-9-20(5-3-4-19-12)13-7-10(14(16,17)18)6-11(15)8-13/h6-8,12,19H,2-5,9H2,1H3. The number of alkyl halides is 3. The summed E-state index contributed by atoms with van der Waals surface area (Å²) in [6.07, 6.45) is -2.51. The summed E-state index contributed by atoms with van der Waals surface area (Å²) in [7, 11) is 0. The molecular formula is C14H18ClF3N2. The van der Waals surface area contributed by atoms with Crippen molar-refractivity contribution in [3.63, 3.8) is 0 Å². The van der Waals surface area contributed by atoms with Gasteiger partial charge in [0.1, 0.15) is 0 Å². The summed E-state index contributed by atoms with van der Waals surface area (Å²) in [4.78, 5) is 1.98. The van der Waals surface area contributed by atoms with Crippen LogP contribution in [0.15, 0.2) is 18.2 Å². The quantitative estimate of drug-likeness (QED) is 0.890. The van der Waals surface area contributed by atoms with Crippen LogP contribution in [0.5, 0.6) is 0 Å². The molecular weight excluding hydrogens is 289 g/mol. The molecule has 1 aliphatic heterocycles. The van der Waals surface area contributed by atoms with Crippen LogP contribution in [0.1, 0.15) is 25.3 Å². The van der Waals surface area contributed by atoms with Gasteiger partial charge in [-0.05, 0) is 37.6 Å². The SMILES string of the molecule is CCC1CN(c2cc(Cl)cc(C(F)(F)F)c2)CCCN1. The van der Waals surface area contributed by atoms with Gasteiger partial charge in [-0.2, -0.15) is 13.2 Å².